The number of hydrogen-bond donors (Lipinski definition) is 2. The van der Waals surface area contributed by atoms with Crippen molar-refractivity contribution in [1.29, 1.82) is 0 Å². The lowest BCUT2D eigenvalue weighted by Gasteiger charge is -2.25. The topological polar surface area (TPSA) is 69.6 Å². The first kappa shape index (κ1) is 14.4. The average Bonchev–Trinajstić information content (AvgIpc) is 3.20. The number of anilines is 1. The van der Waals surface area contributed by atoms with Crippen LogP contribution in [0.1, 0.15) is 37.0 Å². The molecule has 5 heteroatoms. The number of amides is 2. The third-order valence-corrected chi connectivity index (χ3v) is 3.21. The highest BCUT2D eigenvalue weighted by atomic mass is 16.4. The molecule has 0 spiro atoms. The van der Waals surface area contributed by atoms with Crippen LogP contribution in [-0.2, 0) is 0 Å². The lowest BCUT2D eigenvalue weighted by molar-refractivity contribution is 0.0698. The molecule has 2 amide bonds. The number of urea groups is 1. The lowest BCUT2D eigenvalue weighted by atomic mass is 10.2. The quantitative estimate of drug-likeness (QED) is 0.868. The molecule has 0 bridgehead atoms. The molecule has 1 aliphatic rings. The van der Waals surface area contributed by atoms with Crippen molar-refractivity contribution in [3.8, 4) is 0 Å². The van der Waals surface area contributed by atoms with Gasteiger partial charge in [0.15, 0.2) is 0 Å². The van der Waals surface area contributed by atoms with Crippen molar-refractivity contribution < 1.29 is 14.7 Å². The van der Waals surface area contributed by atoms with E-state index in [9.17, 15) is 9.59 Å². The minimum Gasteiger partial charge on any atom is -0.478 e. The Balaban J connectivity index is 2.12. The van der Waals surface area contributed by atoms with E-state index in [1.807, 2.05) is 4.90 Å². The monoisotopic (exact) mass is 276 g/mol. The second-order valence-electron chi connectivity index (χ2n) is 5.56. The first-order chi connectivity index (χ1) is 9.49. The highest BCUT2D eigenvalue weighted by Crippen LogP contribution is 2.28. The van der Waals surface area contributed by atoms with Gasteiger partial charge >= 0.3 is 12.0 Å². The van der Waals surface area contributed by atoms with E-state index in [0.717, 1.165) is 12.8 Å². The van der Waals surface area contributed by atoms with Crippen LogP contribution in [0.5, 0.6) is 0 Å². The van der Waals surface area contributed by atoms with Gasteiger partial charge in [-0.15, -0.1) is 0 Å². The van der Waals surface area contributed by atoms with Gasteiger partial charge in [-0.2, -0.15) is 0 Å². The highest BCUT2D eigenvalue weighted by Gasteiger charge is 2.33. The second-order valence-corrected chi connectivity index (χ2v) is 5.56. The Morgan fingerprint density at radius 2 is 2.00 bits per heavy atom. The molecule has 1 aliphatic carbocycles. The van der Waals surface area contributed by atoms with Crippen molar-refractivity contribution in [1.82, 2.24) is 4.90 Å². The Hall–Kier alpha value is -2.04. The molecule has 0 aromatic heterocycles. The normalized spacial score (nSPS) is 14.2. The maximum absolute atomic E-state index is 12.3. The first-order valence-corrected chi connectivity index (χ1v) is 6.89. The zero-order valence-corrected chi connectivity index (χ0v) is 11.8. The Morgan fingerprint density at radius 3 is 2.55 bits per heavy atom. The molecule has 0 radical (unpaired) electrons. The van der Waals surface area contributed by atoms with Crippen LogP contribution >= 0.6 is 0 Å². The second kappa shape index (κ2) is 5.94. The minimum atomic E-state index is -1.04. The molecule has 20 heavy (non-hydrogen) atoms. The van der Waals surface area contributed by atoms with E-state index < -0.39 is 5.97 Å². The maximum Gasteiger partial charge on any atom is 0.337 e. The molecule has 1 aromatic rings. The molecule has 2 rings (SSSR count). The summed E-state index contributed by atoms with van der Waals surface area (Å²) in [6.07, 6.45) is 2.06. The molecule has 0 saturated heterocycles. The van der Waals surface area contributed by atoms with Crippen LogP contribution < -0.4 is 5.32 Å². The van der Waals surface area contributed by atoms with Gasteiger partial charge in [-0.05, 0) is 30.9 Å². The number of aromatic carboxylic acids is 1. The fourth-order valence-corrected chi connectivity index (χ4v) is 2.14. The van der Waals surface area contributed by atoms with Crippen LogP contribution in [0.25, 0.3) is 0 Å². The van der Waals surface area contributed by atoms with Crippen LogP contribution in [0.2, 0.25) is 0 Å². The number of carboxylic acid groups (broad SMARTS) is 1. The van der Waals surface area contributed by atoms with Crippen molar-refractivity contribution in [2.45, 2.75) is 32.7 Å². The summed E-state index contributed by atoms with van der Waals surface area (Å²) in [5, 5.41) is 11.8. The van der Waals surface area contributed by atoms with Gasteiger partial charge in [0.1, 0.15) is 0 Å². The number of nitrogens with zero attached hydrogens (tertiary/aromatic N) is 1. The zero-order chi connectivity index (χ0) is 14.7. The summed E-state index contributed by atoms with van der Waals surface area (Å²) >= 11 is 0. The Labute approximate surface area is 118 Å². The molecule has 1 aromatic carbocycles. The maximum atomic E-state index is 12.3. The molecule has 2 N–H and O–H groups in total. The van der Waals surface area contributed by atoms with E-state index >= 15 is 0 Å². The number of nitrogens with one attached hydrogen (secondary N) is 1. The van der Waals surface area contributed by atoms with E-state index in [4.69, 9.17) is 5.11 Å². The van der Waals surface area contributed by atoms with Gasteiger partial charge in [-0.25, -0.2) is 9.59 Å². The SMILES string of the molecule is CC(C)CN(C(=O)Nc1ccccc1C(=O)O)C1CC1. The van der Waals surface area contributed by atoms with Gasteiger partial charge in [0.2, 0.25) is 0 Å². The van der Waals surface area contributed by atoms with Gasteiger partial charge in [0.25, 0.3) is 0 Å². The lowest BCUT2D eigenvalue weighted by Crippen LogP contribution is -2.39. The third-order valence-electron chi connectivity index (χ3n) is 3.21. The van der Waals surface area contributed by atoms with Gasteiger partial charge in [0.05, 0.1) is 11.3 Å². The average molecular weight is 276 g/mol. The number of carbonyl (C=O) groups is 2. The number of carbonyl (C=O) groups excluding carboxylic acids is 1. The standard InChI is InChI=1S/C15H20N2O3/c1-10(2)9-17(11-7-8-11)15(20)16-13-6-4-3-5-12(13)14(18)19/h3-6,10-11H,7-9H2,1-2H3,(H,16,20)(H,18,19). The molecule has 1 fully saturated rings. The minimum absolute atomic E-state index is 0.112. The predicted molar refractivity (Wildman–Crippen MR) is 77.0 cm³/mol. The predicted octanol–water partition coefficient (Wildman–Crippen LogP) is 3.04. The van der Waals surface area contributed by atoms with Crippen LogP contribution in [0.4, 0.5) is 10.5 Å². The van der Waals surface area contributed by atoms with E-state index in [0.29, 0.717) is 24.2 Å². The molecule has 0 unspecified atom stereocenters. The summed E-state index contributed by atoms with van der Waals surface area (Å²) in [6.45, 7) is 4.81. The summed E-state index contributed by atoms with van der Waals surface area (Å²) < 4.78 is 0. The van der Waals surface area contributed by atoms with Crippen molar-refractivity contribution in [2.75, 3.05) is 11.9 Å². The first-order valence-electron chi connectivity index (χ1n) is 6.89. The van der Waals surface area contributed by atoms with Crippen LogP contribution in [0.3, 0.4) is 0 Å². The summed E-state index contributed by atoms with van der Waals surface area (Å²) in [5.74, 6) is -0.654. The Kier molecular flexibility index (Phi) is 4.27. The van der Waals surface area contributed by atoms with Gasteiger partial charge in [-0.3, -0.25) is 0 Å². The molecular weight excluding hydrogens is 256 g/mol. The molecule has 0 aliphatic heterocycles. The zero-order valence-electron chi connectivity index (χ0n) is 11.8. The van der Waals surface area contributed by atoms with E-state index in [-0.39, 0.29) is 11.6 Å². The molecule has 0 atom stereocenters. The summed E-state index contributed by atoms with van der Waals surface area (Å²) in [7, 11) is 0. The summed E-state index contributed by atoms with van der Waals surface area (Å²) in [4.78, 5) is 25.3. The van der Waals surface area contributed by atoms with E-state index in [1.165, 1.54) is 6.07 Å². The van der Waals surface area contributed by atoms with Crippen LogP contribution in [-0.4, -0.2) is 34.6 Å². The summed E-state index contributed by atoms with van der Waals surface area (Å²) in [5.41, 5.74) is 0.459. The van der Waals surface area contributed by atoms with E-state index in [1.54, 1.807) is 18.2 Å². The summed E-state index contributed by atoms with van der Waals surface area (Å²) in [6, 6.07) is 6.55. The highest BCUT2D eigenvalue weighted by molar-refractivity contribution is 6.00. The third kappa shape index (κ3) is 3.50. The molecule has 108 valence electrons. The fourth-order valence-electron chi connectivity index (χ4n) is 2.14. The molecule has 0 heterocycles. The largest absolute Gasteiger partial charge is 0.478 e. The number of benzene rings is 1. The van der Waals surface area contributed by atoms with Gasteiger partial charge in [-0.1, -0.05) is 26.0 Å². The van der Waals surface area contributed by atoms with Crippen molar-refractivity contribution in [3.63, 3.8) is 0 Å². The number of rotatable bonds is 5. The van der Waals surface area contributed by atoms with Crippen molar-refractivity contribution in [2.24, 2.45) is 5.92 Å². The Morgan fingerprint density at radius 1 is 1.35 bits per heavy atom. The van der Waals surface area contributed by atoms with Crippen molar-refractivity contribution in [3.05, 3.63) is 29.8 Å². The van der Waals surface area contributed by atoms with Crippen molar-refractivity contribution >= 4 is 17.7 Å². The number of carboxylic acids is 1. The Bertz CT molecular complexity index is 510. The molecular formula is C15H20N2O3. The van der Waals surface area contributed by atoms with E-state index in [2.05, 4.69) is 19.2 Å². The number of hydrogen-bond acceptors (Lipinski definition) is 2. The van der Waals surface area contributed by atoms with Crippen LogP contribution in [0, 0.1) is 5.92 Å². The number of para-hydroxylation sites is 1. The molecule has 1 saturated carbocycles. The molecule has 5 nitrogen and oxygen atoms in total. The fraction of sp³-hybridized carbons (Fsp3) is 0.467. The van der Waals surface area contributed by atoms with Crippen LogP contribution in [0.15, 0.2) is 24.3 Å². The smallest absolute Gasteiger partial charge is 0.337 e. The van der Waals surface area contributed by atoms with Gasteiger partial charge < -0.3 is 15.3 Å². The van der Waals surface area contributed by atoms with Gasteiger partial charge in [0, 0.05) is 12.6 Å².